The minimum atomic E-state index is -0.190. The van der Waals surface area contributed by atoms with Crippen molar-refractivity contribution in [2.45, 2.75) is 31.7 Å². The van der Waals surface area contributed by atoms with Gasteiger partial charge in [0.05, 0.1) is 12.5 Å². The largest absolute Gasteiger partial charge is 0.469 e. The van der Waals surface area contributed by atoms with Crippen LogP contribution in [0.25, 0.3) is 0 Å². The van der Waals surface area contributed by atoms with E-state index in [1.54, 1.807) is 0 Å². The van der Waals surface area contributed by atoms with E-state index in [1.807, 2.05) is 0 Å². The zero-order chi connectivity index (χ0) is 11.6. The van der Waals surface area contributed by atoms with Crippen LogP contribution in [0.4, 0.5) is 0 Å². The van der Waals surface area contributed by atoms with Gasteiger partial charge in [0.1, 0.15) is 0 Å². The molecule has 0 bridgehead atoms. The van der Waals surface area contributed by atoms with Crippen molar-refractivity contribution in [3.05, 3.63) is 0 Å². The van der Waals surface area contributed by atoms with E-state index in [-0.39, 0.29) is 11.4 Å². The lowest BCUT2D eigenvalue weighted by molar-refractivity contribution is -0.147. The molecule has 0 aromatic rings. The lowest BCUT2D eigenvalue weighted by atomic mass is 10.0. The van der Waals surface area contributed by atoms with Crippen molar-refractivity contribution in [3.8, 4) is 0 Å². The van der Waals surface area contributed by atoms with Crippen molar-refractivity contribution in [1.82, 2.24) is 10.2 Å². The number of nitrogens with one attached hydrogen (secondary N) is 1. The molecular formula is C12H22N2O2. The predicted octanol–water partition coefficient (Wildman–Crippen LogP) is 0.623. The van der Waals surface area contributed by atoms with E-state index >= 15 is 0 Å². The molecule has 2 aliphatic rings. The monoisotopic (exact) mass is 226 g/mol. The van der Waals surface area contributed by atoms with Gasteiger partial charge in [-0.25, -0.2) is 0 Å². The summed E-state index contributed by atoms with van der Waals surface area (Å²) >= 11 is 0. The highest BCUT2D eigenvalue weighted by molar-refractivity contribution is 5.80. The number of nitrogens with zero attached hydrogens (tertiary/aromatic N) is 1. The van der Waals surface area contributed by atoms with Gasteiger partial charge in [0.25, 0.3) is 0 Å². The summed E-state index contributed by atoms with van der Waals surface area (Å²) in [5.74, 6) is -0.0378. The van der Waals surface area contributed by atoms with Gasteiger partial charge in [-0.1, -0.05) is 0 Å². The quantitative estimate of drug-likeness (QED) is 0.714. The average Bonchev–Trinajstić information content (AvgIpc) is 3.07. The van der Waals surface area contributed by atoms with E-state index in [0.29, 0.717) is 6.04 Å². The molecule has 1 saturated carbocycles. The number of rotatable bonds is 4. The summed E-state index contributed by atoms with van der Waals surface area (Å²) in [5.41, 5.74) is -0.190. The molecule has 2 fully saturated rings. The van der Waals surface area contributed by atoms with Crippen LogP contribution in [0.15, 0.2) is 0 Å². The summed E-state index contributed by atoms with van der Waals surface area (Å²) in [6.45, 7) is 3.08. The molecule has 0 aromatic carbocycles. The number of likely N-dealkylation sites (tertiary alicyclic amines) is 1. The Balaban J connectivity index is 1.76. The van der Waals surface area contributed by atoms with Crippen molar-refractivity contribution < 1.29 is 9.53 Å². The Hall–Kier alpha value is -0.610. The Kier molecular flexibility index (Phi) is 3.50. The number of esters is 1. The Morgan fingerprint density at radius 1 is 1.56 bits per heavy atom. The number of hydrogen-bond acceptors (Lipinski definition) is 4. The van der Waals surface area contributed by atoms with Gasteiger partial charge >= 0.3 is 5.97 Å². The number of piperidine rings is 1. The predicted molar refractivity (Wildman–Crippen MR) is 62.2 cm³/mol. The molecule has 1 saturated heterocycles. The number of ether oxygens (including phenoxy) is 1. The van der Waals surface area contributed by atoms with Gasteiger partial charge in [-0.3, -0.25) is 4.79 Å². The van der Waals surface area contributed by atoms with Crippen LogP contribution in [-0.4, -0.2) is 50.7 Å². The Labute approximate surface area is 97.3 Å². The SMILES string of the molecule is COC(=O)C1(CNC2CCCN(C)C2)CC1. The molecule has 2 rings (SSSR count). The van der Waals surface area contributed by atoms with E-state index in [1.165, 1.54) is 26.5 Å². The van der Waals surface area contributed by atoms with Gasteiger partial charge in [-0.15, -0.1) is 0 Å². The third-order valence-corrected chi connectivity index (χ3v) is 3.83. The second-order valence-electron chi connectivity index (χ2n) is 5.25. The molecule has 1 heterocycles. The van der Waals surface area contributed by atoms with Crippen LogP contribution in [0.3, 0.4) is 0 Å². The van der Waals surface area contributed by atoms with E-state index < -0.39 is 0 Å². The van der Waals surface area contributed by atoms with Gasteiger partial charge in [-0.05, 0) is 39.3 Å². The molecule has 0 aromatic heterocycles. The number of methoxy groups -OCH3 is 1. The summed E-state index contributed by atoms with van der Waals surface area (Å²) in [4.78, 5) is 13.9. The standard InChI is InChI=1S/C12H22N2O2/c1-14-7-3-4-10(8-14)13-9-12(5-6-12)11(15)16-2/h10,13H,3-9H2,1-2H3. The van der Waals surface area contributed by atoms with E-state index in [2.05, 4.69) is 17.3 Å². The molecule has 4 nitrogen and oxygen atoms in total. The molecule has 1 N–H and O–H groups in total. The first-order valence-corrected chi connectivity index (χ1v) is 6.17. The van der Waals surface area contributed by atoms with Crippen LogP contribution in [-0.2, 0) is 9.53 Å². The third kappa shape index (κ3) is 2.55. The van der Waals surface area contributed by atoms with Crippen LogP contribution < -0.4 is 5.32 Å². The molecule has 1 atom stereocenters. The van der Waals surface area contributed by atoms with Gasteiger partial charge in [0, 0.05) is 19.1 Å². The molecule has 1 unspecified atom stereocenters. The second kappa shape index (κ2) is 4.72. The summed E-state index contributed by atoms with van der Waals surface area (Å²) in [6, 6.07) is 0.542. The number of likely N-dealkylation sites (N-methyl/N-ethyl adjacent to an activating group) is 1. The third-order valence-electron chi connectivity index (χ3n) is 3.83. The minimum Gasteiger partial charge on any atom is -0.469 e. The van der Waals surface area contributed by atoms with E-state index in [4.69, 9.17) is 4.74 Å². The molecule has 92 valence electrons. The minimum absolute atomic E-state index is 0.0378. The van der Waals surface area contributed by atoms with Gasteiger partial charge in [0.2, 0.25) is 0 Å². The topological polar surface area (TPSA) is 41.6 Å². The molecule has 0 radical (unpaired) electrons. The number of carbonyl (C=O) groups excluding carboxylic acids is 1. The van der Waals surface area contributed by atoms with Gasteiger partial charge < -0.3 is 15.0 Å². The van der Waals surface area contributed by atoms with Crippen LogP contribution in [0.5, 0.6) is 0 Å². The first kappa shape index (κ1) is 11.9. The van der Waals surface area contributed by atoms with Crippen LogP contribution in [0.1, 0.15) is 25.7 Å². The average molecular weight is 226 g/mol. The van der Waals surface area contributed by atoms with Crippen LogP contribution in [0, 0.1) is 5.41 Å². The maximum Gasteiger partial charge on any atom is 0.313 e. The van der Waals surface area contributed by atoms with Gasteiger partial charge in [-0.2, -0.15) is 0 Å². The molecule has 0 spiro atoms. The lowest BCUT2D eigenvalue weighted by Crippen LogP contribution is -2.46. The fourth-order valence-electron chi connectivity index (χ4n) is 2.49. The summed E-state index contributed by atoms with van der Waals surface area (Å²) < 4.78 is 4.85. The van der Waals surface area contributed by atoms with Crippen molar-refractivity contribution in [2.75, 3.05) is 33.8 Å². The Bertz CT molecular complexity index is 264. The zero-order valence-electron chi connectivity index (χ0n) is 10.3. The van der Waals surface area contributed by atoms with Crippen LogP contribution in [0.2, 0.25) is 0 Å². The molecule has 1 aliphatic carbocycles. The van der Waals surface area contributed by atoms with Crippen molar-refractivity contribution in [2.24, 2.45) is 5.41 Å². The van der Waals surface area contributed by atoms with Gasteiger partial charge in [0.15, 0.2) is 0 Å². The van der Waals surface area contributed by atoms with E-state index in [9.17, 15) is 4.79 Å². The highest BCUT2D eigenvalue weighted by Crippen LogP contribution is 2.46. The number of hydrogen-bond donors (Lipinski definition) is 1. The normalized spacial score (nSPS) is 28.8. The van der Waals surface area contributed by atoms with Crippen LogP contribution >= 0.6 is 0 Å². The Morgan fingerprint density at radius 2 is 2.31 bits per heavy atom. The highest BCUT2D eigenvalue weighted by Gasteiger charge is 2.50. The highest BCUT2D eigenvalue weighted by atomic mass is 16.5. The molecule has 1 aliphatic heterocycles. The smallest absolute Gasteiger partial charge is 0.313 e. The summed E-state index contributed by atoms with van der Waals surface area (Å²) in [7, 11) is 3.64. The fourth-order valence-corrected chi connectivity index (χ4v) is 2.49. The molecular weight excluding hydrogens is 204 g/mol. The molecule has 4 heteroatoms. The maximum absolute atomic E-state index is 11.6. The number of carbonyl (C=O) groups is 1. The first-order chi connectivity index (χ1) is 7.66. The first-order valence-electron chi connectivity index (χ1n) is 6.17. The maximum atomic E-state index is 11.6. The lowest BCUT2D eigenvalue weighted by Gasteiger charge is -2.31. The second-order valence-corrected chi connectivity index (χ2v) is 5.25. The van der Waals surface area contributed by atoms with E-state index in [0.717, 1.165) is 25.9 Å². The zero-order valence-corrected chi connectivity index (χ0v) is 10.3. The molecule has 0 amide bonds. The summed E-state index contributed by atoms with van der Waals surface area (Å²) in [6.07, 6.45) is 4.44. The summed E-state index contributed by atoms with van der Waals surface area (Å²) in [5, 5.41) is 3.53. The van der Waals surface area contributed by atoms with Crippen molar-refractivity contribution in [3.63, 3.8) is 0 Å². The fraction of sp³-hybridized carbons (Fsp3) is 0.917. The van der Waals surface area contributed by atoms with Crippen molar-refractivity contribution in [1.29, 1.82) is 0 Å². The van der Waals surface area contributed by atoms with Crippen molar-refractivity contribution >= 4 is 5.97 Å². The Morgan fingerprint density at radius 3 is 2.88 bits per heavy atom. The molecule has 16 heavy (non-hydrogen) atoms.